The molecule has 0 N–H and O–H groups in total. The van der Waals surface area contributed by atoms with Gasteiger partial charge in [-0.25, -0.2) is 0 Å². The van der Waals surface area contributed by atoms with Crippen molar-refractivity contribution in [3.63, 3.8) is 0 Å². The summed E-state index contributed by atoms with van der Waals surface area (Å²) in [6.45, 7) is 3.36. The zero-order chi connectivity index (χ0) is 10.8. The van der Waals surface area contributed by atoms with Crippen molar-refractivity contribution in [1.29, 1.82) is 5.26 Å². The molecule has 1 amide bonds. The first kappa shape index (κ1) is 11.0. The van der Waals surface area contributed by atoms with Crippen LogP contribution in [0.4, 0.5) is 0 Å². The molecule has 1 rings (SSSR count). The van der Waals surface area contributed by atoms with Gasteiger partial charge in [0.1, 0.15) is 5.41 Å². The highest BCUT2D eigenvalue weighted by atomic mass is 16.2. The Bertz CT molecular complexity index is 259. The zero-order valence-corrected chi connectivity index (χ0v) is 9.21. The van der Waals surface area contributed by atoms with Gasteiger partial charge in [-0.15, -0.1) is 0 Å². The second kappa shape index (κ2) is 4.00. The average Bonchev–Trinajstić information content (AvgIpc) is 2.68. The molecule has 0 aromatic rings. The Labute approximate surface area is 85.7 Å². The maximum atomic E-state index is 11.9. The molecule has 0 aromatic carbocycles. The van der Waals surface area contributed by atoms with Gasteiger partial charge in [-0.3, -0.25) is 4.79 Å². The van der Waals surface area contributed by atoms with Crippen LogP contribution in [0.5, 0.6) is 0 Å². The van der Waals surface area contributed by atoms with Crippen molar-refractivity contribution >= 4 is 5.91 Å². The van der Waals surface area contributed by atoms with E-state index in [0.29, 0.717) is 6.04 Å². The molecule has 0 saturated heterocycles. The van der Waals surface area contributed by atoms with Gasteiger partial charge in [-0.1, -0.05) is 12.8 Å². The van der Waals surface area contributed by atoms with E-state index < -0.39 is 5.41 Å². The normalized spacial score (nSPS) is 17.9. The summed E-state index contributed by atoms with van der Waals surface area (Å²) in [4.78, 5) is 13.6. The zero-order valence-electron chi connectivity index (χ0n) is 9.21. The first-order valence-corrected chi connectivity index (χ1v) is 5.17. The van der Waals surface area contributed by atoms with Gasteiger partial charge in [0.15, 0.2) is 0 Å². The lowest BCUT2D eigenvalue weighted by atomic mass is 9.93. The topological polar surface area (TPSA) is 44.1 Å². The molecule has 1 aliphatic carbocycles. The number of nitriles is 1. The summed E-state index contributed by atoms with van der Waals surface area (Å²) in [5.74, 6) is -0.0492. The Hall–Kier alpha value is -1.04. The van der Waals surface area contributed by atoms with Crippen molar-refractivity contribution in [2.75, 3.05) is 7.05 Å². The predicted molar refractivity (Wildman–Crippen MR) is 54.4 cm³/mol. The van der Waals surface area contributed by atoms with Crippen molar-refractivity contribution in [3.8, 4) is 6.07 Å². The summed E-state index contributed by atoms with van der Waals surface area (Å²) in [5.41, 5.74) is -0.878. The SMILES string of the molecule is CN(C(=O)C(C)(C)C#N)C1CCCC1. The highest BCUT2D eigenvalue weighted by Gasteiger charge is 2.34. The quantitative estimate of drug-likeness (QED) is 0.674. The van der Waals surface area contributed by atoms with Crippen LogP contribution in [0.1, 0.15) is 39.5 Å². The molecule has 78 valence electrons. The van der Waals surface area contributed by atoms with Crippen LogP contribution in [-0.4, -0.2) is 23.9 Å². The first-order valence-electron chi connectivity index (χ1n) is 5.17. The van der Waals surface area contributed by atoms with Gasteiger partial charge in [-0.2, -0.15) is 5.26 Å². The van der Waals surface area contributed by atoms with E-state index in [9.17, 15) is 4.79 Å². The van der Waals surface area contributed by atoms with Crippen LogP contribution in [0.25, 0.3) is 0 Å². The van der Waals surface area contributed by atoms with E-state index in [-0.39, 0.29) is 5.91 Å². The summed E-state index contributed by atoms with van der Waals surface area (Å²) in [6.07, 6.45) is 4.58. The summed E-state index contributed by atoms with van der Waals surface area (Å²) in [5, 5.41) is 8.86. The molecule has 0 heterocycles. The standard InChI is InChI=1S/C11H18N2O/c1-11(2,8-12)10(14)13(3)9-6-4-5-7-9/h9H,4-7H2,1-3H3. The van der Waals surface area contributed by atoms with Crippen LogP contribution < -0.4 is 0 Å². The summed E-state index contributed by atoms with van der Waals surface area (Å²) >= 11 is 0. The lowest BCUT2D eigenvalue weighted by Gasteiger charge is -2.29. The molecule has 1 saturated carbocycles. The number of carbonyl (C=O) groups excluding carboxylic acids is 1. The maximum Gasteiger partial charge on any atom is 0.242 e. The van der Waals surface area contributed by atoms with Crippen LogP contribution in [-0.2, 0) is 4.79 Å². The summed E-state index contributed by atoms with van der Waals surface area (Å²) < 4.78 is 0. The van der Waals surface area contributed by atoms with Crippen LogP contribution in [0.3, 0.4) is 0 Å². The smallest absolute Gasteiger partial charge is 0.242 e. The van der Waals surface area contributed by atoms with E-state index in [1.165, 1.54) is 12.8 Å². The lowest BCUT2D eigenvalue weighted by molar-refractivity contribution is -0.138. The van der Waals surface area contributed by atoms with Gasteiger partial charge >= 0.3 is 0 Å². The van der Waals surface area contributed by atoms with Crippen LogP contribution >= 0.6 is 0 Å². The fourth-order valence-electron chi connectivity index (χ4n) is 1.95. The lowest BCUT2D eigenvalue weighted by Crippen LogP contribution is -2.42. The average molecular weight is 194 g/mol. The number of nitrogens with zero attached hydrogens (tertiary/aromatic N) is 2. The van der Waals surface area contributed by atoms with E-state index in [4.69, 9.17) is 5.26 Å². The first-order chi connectivity index (χ1) is 6.49. The Morgan fingerprint density at radius 2 is 1.93 bits per heavy atom. The largest absolute Gasteiger partial charge is 0.341 e. The van der Waals surface area contributed by atoms with Crippen LogP contribution in [0.2, 0.25) is 0 Å². The number of hydrogen-bond acceptors (Lipinski definition) is 2. The van der Waals surface area contributed by atoms with Gasteiger partial charge in [-0.05, 0) is 26.7 Å². The maximum absolute atomic E-state index is 11.9. The fraction of sp³-hybridized carbons (Fsp3) is 0.818. The molecule has 3 heteroatoms. The van der Waals surface area contributed by atoms with Crippen molar-refractivity contribution in [2.24, 2.45) is 5.41 Å². The minimum absolute atomic E-state index is 0.0492. The van der Waals surface area contributed by atoms with Crippen molar-refractivity contribution in [3.05, 3.63) is 0 Å². The minimum atomic E-state index is -0.878. The van der Waals surface area contributed by atoms with Crippen molar-refractivity contribution in [1.82, 2.24) is 4.90 Å². The van der Waals surface area contributed by atoms with Gasteiger partial charge < -0.3 is 4.90 Å². The van der Waals surface area contributed by atoms with Gasteiger partial charge in [0.25, 0.3) is 0 Å². The Kier molecular flexibility index (Phi) is 3.15. The van der Waals surface area contributed by atoms with Crippen molar-refractivity contribution in [2.45, 2.75) is 45.6 Å². The van der Waals surface area contributed by atoms with E-state index >= 15 is 0 Å². The van der Waals surface area contributed by atoms with Gasteiger partial charge in [0.2, 0.25) is 5.91 Å². The van der Waals surface area contributed by atoms with Crippen molar-refractivity contribution < 1.29 is 4.79 Å². The molecule has 0 aromatic heterocycles. The van der Waals surface area contributed by atoms with Crippen LogP contribution in [0, 0.1) is 16.7 Å². The Morgan fingerprint density at radius 1 is 1.43 bits per heavy atom. The van der Waals surface area contributed by atoms with Gasteiger partial charge in [0, 0.05) is 13.1 Å². The number of carbonyl (C=O) groups is 1. The summed E-state index contributed by atoms with van der Waals surface area (Å²) in [6, 6.07) is 2.41. The summed E-state index contributed by atoms with van der Waals surface area (Å²) in [7, 11) is 1.82. The molecule has 1 fully saturated rings. The fourth-order valence-corrected chi connectivity index (χ4v) is 1.95. The molecule has 14 heavy (non-hydrogen) atoms. The second-order valence-corrected chi connectivity index (χ2v) is 4.59. The van der Waals surface area contributed by atoms with E-state index in [2.05, 4.69) is 6.07 Å². The molecular weight excluding hydrogens is 176 g/mol. The molecule has 0 spiro atoms. The molecule has 0 radical (unpaired) electrons. The molecule has 0 bridgehead atoms. The molecule has 1 aliphatic rings. The van der Waals surface area contributed by atoms with E-state index in [1.807, 2.05) is 7.05 Å². The van der Waals surface area contributed by atoms with Gasteiger partial charge in [0.05, 0.1) is 6.07 Å². The molecule has 0 unspecified atom stereocenters. The minimum Gasteiger partial charge on any atom is -0.341 e. The third kappa shape index (κ3) is 2.06. The molecule has 0 atom stereocenters. The number of amides is 1. The monoisotopic (exact) mass is 194 g/mol. The third-order valence-corrected chi connectivity index (χ3v) is 3.01. The number of rotatable bonds is 2. The van der Waals surface area contributed by atoms with Crippen LogP contribution in [0.15, 0.2) is 0 Å². The number of hydrogen-bond donors (Lipinski definition) is 0. The Balaban J connectivity index is 2.65. The third-order valence-electron chi connectivity index (χ3n) is 3.01. The predicted octanol–water partition coefficient (Wildman–Crippen LogP) is 1.94. The van der Waals surface area contributed by atoms with E-state index in [1.54, 1.807) is 18.7 Å². The second-order valence-electron chi connectivity index (χ2n) is 4.59. The molecule has 3 nitrogen and oxygen atoms in total. The highest BCUT2D eigenvalue weighted by molar-refractivity contribution is 5.84. The highest BCUT2D eigenvalue weighted by Crippen LogP contribution is 2.26. The Morgan fingerprint density at radius 3 is 2.36 bits per heavy atom. The van der Waals surface area contributed by atoms with E-state index in [0.717, 1.165) is 12.8 Å². The molecular formula is C11H18N2O. The molecule has 0 aliphatic heterocycles.